The molecule has 2 rings (SSSR count). The minimum Gasteiger partial charge on any atom is -0.475 e. The average molecular weight is 236 g/mol. The number of carboxylic acid groups (broad SMARTS) is 1. The quantitative estimate of drug-likeness (QED) is 0.819. The van der Waals surface area contributed by atoms with Crippen LogP contribution in [0.1, 0.15) is 53.7 Å². The Hall–Kier alpha value is -1.58. The van der Waals surface area contributed by atoms with Gasteiger partial charge in [0, 0.05) is 5.92 Å². The van der Waals surface area contributed by atoms with Crippen molar-refractivity contribution in [2.45, 2.75) is 32.6 Å². The molecule has 4 nitrogen and oxygen atoms in total. The summed E-state index contributed by atoms with van der Waals surface area (Å²) in [5, 5.41) is 8.72. The maximum Gasteiger partial charge on any atom is 0.371 e. The molecule has 1 aromatic heterocycles. The highest BCUT2D eigenvalue weighted by atomic mass is 16.4. The lowest BCUT2D eigenvalue weighted by Crippen LogP contribution is -2.20. The molecular weight excluding hydrogens is 220 g/mol. The second-order valence-corrected chi connectivity index (χ2v) is 4.79. The van der Waals surface area contributed by atoms with E-state index in [0.717, 1.165) is 25.7 Å². The number of rotatable bonds is 3. The van der Waals surface area contributed by atoms with Gasteiger partial charge in [-0.1, -0.05) is 19.8 Å². The fourth-order valence-electron chi connectivity index (χ4n) is 2.31. The summed E-state index contributed by atoms with van der Waals surface area (Å²) in [6, 6.07) is 2.80. The highest BCUT2D eigenvalue weighted by molar-refractivity contribution is 5.96. The Labute approximate surface area is 99.6 Å². The van der Waals surface area contributed by atoms with Crippen LogP contribution in [0.5, 0.6) is 0 Å². The van der Waals surface area contributed by atoms with Crippen LogP contribution in [0.15, 0.2) is 16.5 Å². The average Bonchev–Trinajstić information content (AvgIpc) is 2.78. The van der Waals surface area contributed by atoms with Gasteiger partial charge in [0.05, 0.1) is 0 Å². The van der Waals surface area contributed by atoms with Crippen LogP contribution in [-0.4, -0.2) is 16.9 Å². The molecule has 1 N–H and O–H groups in total. The van der Waals surface area contributed by atoms with Crippen molar-refractivity contribution in [3.8, 4) is 0 Å². The Kier molecular flexibility index (Phi) is 3.31. The third kappa shape index (κ3) is 2.57. The Bertz CT molecular complexity index is 424. The SMILES string of the molecule is CC1CCC(C(=O)c2ccc(C(=O)O)o2)CC1. The van der Waals surface area contributed by atoms with E-state index in [4.69, 9.17) is 9.52 Å². The predicted molar refractivity (Wildman–Crippen MR) is 61.1 cm³/mol. The van der Waals surface area contributed by atoms with Crippen molar-refractivity contribution in [1.29, 1.82) is 0 Å². The van der Waals surface area contributed by atoms with E-state index in [9.17, 15) is 9.59 Å². The molecule has 17 heavy (non-hydrogen) atoms. The van der Waals surface area contributed by atoms with Crippen LogP contribution in [0, 0.1) is 11.8 Å². The van der Waals surface area contributed by atoms with Gasteiger partial charge in [-0.2, -0.15) is 0 Å². The first-order chi connectivity index (χ1) is 8.08. The van der Waals surface area contributed by atoms with Gasteiger partial charge in [0.1, 0.15) is 0 Å². The van der Waals surface area contributed by atoms with Gasteiger partial charge in [0.25, 0.3) is 0 Å². The first-order valence-corrected chi connectivity index (χ1v) is 5.95. The maximum atomic E-state index is 12.1. The van der Waals surface area contributed by atoms with E-state index < -0.39 is 5.97 Å². The number of hydrogen-bond donors (Lipinski definition) is 1. The molecule has 4 heteroatoms. The Morgan fingerprint density at radius 1 is 1.18 bits per heavy atom. The van der Waals surface area contributed by atoms with E-state index in [0.29, 0.717) is 5.92 Å². The smallest absolute Gasteiger partial charge is 0.371 e. The van der Waals surface area contributed by atoms with Crippen molar-refractivity contribution >= 4 is 11.8 Å². The zero-order chi connectivity index (χ0) is 12.4. The van der Waals surface area contributed by atoms with Crippen molar-refractivity contribution < 1.29 is 19.1 Å². The van der Waals surface area contributed by atoms with E-state index in [-0.39, 0.29) is 23.2 Å². The number of carbonyl (C=O) groups is 2. The first-order valence-electron chi connectivity index (χ1n) is 5.95. The summed E-state index contributed by atoms with van der Waals surface area (Å²) in [6.45, 7) is 2.19. The number of carbonyl (C=O) groups excluding carboxylic acids is 1. The number of furan rings is 1. The molecule has 0 amide bonds. The fourth-order valence-corrected chi connectivity index (χ4v) is 2.31. The Balaban J connectivity index is 2.06. The number of Topliss-reactive ketones (excluding diaryl/α,β-unsaturated/α-hetero) is 1. The number of ketones is 1. The summed E-state index contributed by atoms with van der Waals surface area (Å²) >= 11 is 0. The van der Waals surface area contributed by atoms with Crippen LogP contribution in [0.3, 0.4) is 0 Å². The van der Waals surface area contributed by atoms with Gasteiger partial charge >= 0.3 is 5.97 Å². The number of aromatic carboxylic acids is 1. The molecule has 92 valence electrons. The summed E-state index contributed by atoms with van der Waals surface area (Å²) in [6.07, 6.45) is 3.87. The summed E-state index contributed by atoms with van der Waals surface area (Å²) in [4.78, 5) is 22.7. The Morgan fingerprint density at radius 2 is 1.76 bits per heavy atom. The molecule has 0 unspecified atom stereocenters. The minimum atomic E-state index is -1.14. The molecule has 1 fully saturated rings. The molecule has 0 aliphatic heterocycles. The van der Waals surface area contributed by atoms with E-state index in [1.807, 2.05) is 0 Å². The largest absolute Gasteiger partial charge is 0.475 e. The first kappa shape index (κ1) is 11.9. The highest BCUT2D eigenvalue weighted by Crippen LogP contribution is 2.30. The Morgan fingerprint density at radius 3 is 2.29 bits per heavy atom. The maximum absolute atomic E-state index is 12.1. The van der Waals surface area contributed by atoms with E-state index in [1.165, 1.54) is 12.1 Å². The normalized spacial score (nSPS) is 24.5. The van der Waals surface area contributed by atoms with Gasteiger partial charge in [-0.25, -0.2) is 4.79 Å². The van der Waals surface area contributed by atoms with Crippen LogP contribution in [0.2, 0.25) is 0 Å². The van der Waals surface area contributed by atoms with Gasteiger partial charge in [-0.05, 0) is 30.9 Å². The molecule has 1 aromatic rings. The van der Waals surface area contributed by atoms with Crippen LogP contribution in [0.4, 0.5) is 0 Å². The molecule has 0 saturated heterocycles. The summed E-state index contributed by atoms with van der Waals surface area (Å²) in [5.41, 5.74) is 0. The minimum absolute atomic E-state index is 0.000931. The second-order valence-electron chi connectivity index (χ2n) is 4.79. The van der Waals surface area contributed by atoms with Gasteiger partial charge in [0.15, 0.2) is 5.76 Å². The predicted octanol–water partition coefficient (Wildman–Crippen LogP) is 2.99. The zero-order valence-corrected chi connectivity index (χ0v) is 9.81. The standard InChI is InChI=1S/C13H16O4/c1-8-2-4-9(5-3-8)12(14)10-6-7-11(17-10)13(15)16/h6-9H,2-5H2,1H3,(H,15,16). The lowest BCUT2D eigenvalue weighted by Gasteiger charge is -2.24. The monoisotopic (exact) mass is 236 g/mol. The van der Waals surface area contributed by atoms with Gasteiger partial charge in [0.2, 0.25) is 11.5 Å². The topological polar surface area (TPSA) is 67.5 Å². The van der Waals surface area contributed by atoms with Crippen LogP contribution in [0.25, 0.3) is 0 Å². The molecule has 1 saturated carbocycles. The van der Waals surface area contributed by atoms with Gasteiger partial charge in [-0.15, -0.1) is 0 Å². The third-order valence-electron chi connectivity index (χ3n) is 3.45. The number of carboxylic acids is 1. The van der Waals surface area contributed by atoms with Crippen molar-refractivity contribution in [3.63, 3.8) is 0 Å². The fraction of sp³-hybridized carbons (Fsp3) is 0.538. The lowest BCUT2D eigenvalue weighted by molar-refractivity contribution is 0.0658. The molecule has 0 bridgehead atoms. The third-order valence-corrected chi connectivity index (χ3v) is 3.45. The summed E-state index contributed by atoms with van der Waals surface area (Å²) in [7, 11) is 0. The van der Waals surface area contributed by atoms with Crippen molar-refractivity contribution in [2.75, 3.05) is 0 Å². The van der Waals surface area contributed by atoms with E-state index in [1.54, 1.807) is 0 Å². The summed E-state index contributed by atoms with van der Waals surface area (Å²) in [5.74, 6) is -0.491. The van der Waals surface area contributed by atoms with Gasteiger partial charge < -0.3 is 9.52 Å². The van der Waals surface area contributed by atoms with Crippen LogP contribution in [-0.2, 0) is 0 Å². The molecule has 0 aromatic carbocycles. The van der Waals surface area contributed by atoms with Crippen LogP contribution < -0.4 is 0 Å². The molecule has 0 spiro atoms. The van der Waals surface area contributed by atoms with E-state index in [2.05, 4.69) is 6.92 Å². The van der Waals surface area contributed by atoms with E-state index >= 15 is 0 Å². The molecule has 0 radical (unpaired) electrons. The highest BCUT2D eigenvalue weighted by Gasteiger charge is 2.27. The van der Waals surface area contributed by atoms with Crippen LogP contribution >= 0.6 is 0 Å². The zero-order valence-electron chi connectivity index (χ0n) is 9.81. The van der Waals surface area contributed by atoms with Gasteiger partial charge in [-0.3, -0.25) is 4.79 Å². The van der Waals surface area contributed by atoms with Crippen molar-refractivity contribution in [2.24, 2.45) is 11.8 Å². The second kappa shape index (κ2) is 4.73. The lowest BCUT2D eigenvalue weighted by atomic mass is 9.80. The molecule has 0 atom stereocenters. The molecule has 1 aliphatic rings. The van der Waals surface area contributed by atoms with Crippen molar-refractivity contribution in [3.05, 3.63) is 23.7 Å². The molecular formula is C13H16O4. The number of hydrogen-bond acceptors (Lipinski definition) is 3. The molecule has 1 aliphatic carbocycles. The molecule has 1 heterocycles. The summed E-state index contributed by atoms with van der Waals surface area (Å²) < 4.78 is 5.04. The van der Waals surface area contributed by atoms with Crippen molar-refractivity contribution in [1.82, 2.24) is 0 Å².